The number of aliphatic hydroxyl groups is 1. The Hall–Kier alpha value is -1.63. The Labute approximate surface area is 111 Å². The van der Waals surface area contributed by atoms with Crippen LogP contribution in [0.4, 0.5) is 0 Å². The van der Waals surface area contributed by atoms with Crippen molar-refractivity contribution in [3.8, 4) is 0 Å². The predicted molar refractivity (Wildman–Crippen MR) is 64.2 cm³/mol. The highest BCUT2D eigenvalue weighted by molar-refractivity contribution is 5.88. The number of carbonyl (C=O) groups excluding carboxylic acids is 2. The van der Waals surface area contributed by atoms with Gasteiger partial charge in [-0.15, -0.1) is 0 Å². The topological polar surface area (TPSA) is 104 Å². The number of ether oxygens (including phenoxy) is 1. The zero-order chi connectivity index (χ0) is 14.8. The molecule has 1 amide bonds. The van der Waals surface area contributed by atoms with Crippen LogP contribution in [0.5, 0.6) is 0 Å². The van der Waals surface area contributed by atoms with Crippen LogP contribution in [0.15, 0.2) is 0 Å². The average Bonchev–Trinajstić information content (AvgIpc) is 2.51. The molecular formula is C12H19NO6. The lowest BCUT2D eigenvalue weighted by Crippen LogP contribution is -2.44. The number of amides is 1. The molecule has 0 bridgehead atoms. The van der Waals surface area contributed by atoms with Crippen molar-refractivity contribution in [1.29, 1.82) is 0 Å². The van der Waals surface area contributed by atoms with Crippen molar-refractivity contribution in [2.24, 2.45) is 0 Å². The number of carboxylic acid groups (broad SMARTS) is 1. The Morgan fingerprint density at radius 2 is 2.05 bits per heavy atom. The third-order valence-electron chi connectivity index (χ3n) is 2.58. The molecule has 0 aromatic rings. The monoisotopic (exact) mass is 273 g/mol. The molecule has 7 nitrogen and oxygen atoms in total. The minimum atomic E-state index is -1.29. The van der Waals surface area contributed by atoms with Gasteiger partial charge < -0.3 is 19.8 Å². The fourth-order valence-corrected chi connectivity index (χ4v) is 1.89. The summed E-state index contributed by atoms with van der Waals surface area (Å²) in [6.45, 7) is 4.95. The largest absolute Gasteiger partial charge is 0.480 e. The summed E-state index contributed by atoms with van der Waals surface area (Å²) in [5.41, 5.74) is -0.714. The van der Waals surface area contributed by atoms with E-state index in [-0.39, 0.29) is 13.0 Å². The minimum Gasteiger partial charge on any atom is -0.480 e. The quantitative estimate of drug-likeness (QED) is 0.685. The third kappa shape index (κ3) is 4.51. The van der Waals surface area contributed by atoms with Crippen molar-refractivity contribution < 1.29 is 29.3 Å². The molecule has 0 spiro atoms. The summed E-state index contributed by atoms with van der Waals surface area (Å²) in [5.74, 6) is -2.44. The van der Waals surface area contributed by atoms with Crippen LogP contribution in [0.25, 0.3) is 0 Å². The summed E-state index contributed by atoms with van der Waals surface area (Å²) < 4.78 is 5.04. The van der Waals surface area contributed by atoms with Gasteiger partial charge in [0.05, 0.1) is 18.9 Å². The summed E-state index contributed by atoms with van der Waals surface area (Å²) in [7, 11) is 0. The summed E-state index contributed by atoms with van der Waals surface area (Å²) in [6, 6.07) is -1.29. The van der Waals surface area contributed by atoms with E-state index < -0.39 is 42.0 Å². The molecule has 108 valence electrons. The summed E-state index contributed by atoms with van der Waals surface area (Å²) in [5, 5.41) is 18.5. The van der Waals surface area contributed by atoms with Crippen molar-refractivity contribution in [3.63, 3.8) is 0 Å². The van der Waals surface area contributed by atoms with Gasteiger partial charge in [0, 0.05) is 6.54 Å². The maximum Gasteiger partial charge on any atom is 0.327 e. The molecular weight excluding hydrogens is 254 g/mol. The molecule has 1 heterocycles. The summed E-state index contributed by atoms with van der Waals surface area (Å²) in [6.07, 6.45) is -1.42. The van der Waals surface area contributed by atoms with Gasteiger partial charge in [-0.3, -0.25) is 9.59 Å². The van der Waals surface area contributed by atoms with E-state index in [9.17, 15) is 19.5 Å². The molecule has 7 heteroatoms. The number of esters is 1. The number of rotatable bonds is 4. The van der Waals surface area contributed by atoms with E-state index in [4.69, 9.17) is 9.84 Å². The van der Waals surface area contributed by atoms with Crippen LogP contribution in [0, 0.1) is 0 Å². The second-order valence-electron chi connectivity index (χ2n) is 5.55. The molecule has 1 aliphatic rings. The van der Waals surface area contributed by atoms with Crippen LogP contribution < -0.4 is 0 Å². The van der Waals surface area contributed by atoms with Gasteiger partial charge in [-0.05, 0) is 20.8 Å². The normalized spacial score (nSPS) is 21.4. The number of carbonyl (C=O) groups is 3. The molecule has 1 aliphatic heterocycles. The van der Waals surface area contributed by atoms with Crippen LogP contribution in [-0.4, -0.2) is 57.3 Å². The maximum absolute atomic E-state index is 11.6. The predicted octanol–water partition coefficient (Wildman–Crippen LogP) is -0.235. The van der Waals surface area contributed by atoms with Gasteiger partial charge in [-0.1, -0.05) is 0 Å². The Balaban J connectivity index is 2.72. The van der Waals surface area contributed by atoms with Crippen molar-refractivity contribution in [3.05, 3.63) is 0 Å². The lowest BCUT2D eigenvalue weighted by atomic mass is 10.1. The van der Waals surface area contributed by atoms with Crippen LogP contribution >= 0.6 is 0 Å². The van der Waals surface area contributed by atoms with Crippen LogP contribution in [0.3, 0.4) is 0 Å². The van der Waals surface area contributed by atoms with E-state index in [0.717, 1.165) is 4.90 Å². The third-order valence-corrected chi connectivity index (χ3v) is 2.58. The molecule has 1 unspecified atom stereocenters. The fourth-order valence-electron chi connectivity index (χ4n) is 1.89. The minimum absolute atomic E-state index is 0.0708. The summed E-state index contributed by atoms with van der Waals surface area (Å²) in [4.78, 5) is 35.3. The van der Waals surface area contributed by atoms with Crippen molar-refractivity contribution in [1.82, 2.24) is 4.90 Å². The number of carboxylic acids is 1. The van der Waals surface area contributed by atoms with E-state index in [0.29, 0.717) is 0 Å². The van der Waals surface area contributed by atoms with E-state index in [1.807, 2.05) is 0 Å². The van der Waals surface area contributed by atoms with Crippen molar-refractivity contribution >= 4 is 17.8 Å². The molecule has 0 aliphatic carbocycles. The number of aliphatic carboxylic acids is 1. The van der Waals surface area contributed by atoms with Crippen molar-refractivity contribution in [2.75, 3.05) is 6.54 Å². The smallest absolute Gasteiger partial charge is 0.327 e. The Bertz CT molecular complexity index is 386. The molecule has 1 fully saturated rings. The van der Waals surface area contributed by atoms with Gasteiger partial charge in [0.15, 0.2) is 0 Å². The highest BCUT2D eigenvalue weighted by Crippen LogP contribution is 2.18. The number of aliphatic hydroxyl groups excluding tert-OH is 1. The van der Waals surface area contributed by atoms with Gasteiger partial charge in [0.2, 0.25) is 5.91 Å². The maximum atomic E-state index is 11.6. The van der Waals surface area contributed by atoms with Gasteiger partial charge in [-0.25, -0.2) is 4.79 Å². The number of hydrogen-bond donors (Lipinski definition) is 2. The average molecular weight is 273 g/mol. The molecule has 0 saturated carbocycles. The highest BCUT2D eigenvalue weighted by atomic mass is 16.6. The lowest BCUT2D eigenvalue weighted by molar-refractivity contribution is -0.161. The van der Waals surface area contributed by atoms with Gasteiger partial charge in [-0.2, -0.15) is 0 Å². The zero-order valence-corrected chi connectivity index (χ0v) is 11.3. The first kappa shape index (κ1) is 15.4. The first-order valence-electron chi connectivity index (χ1n) is 6.02. The van der Waals surface area contributed by atoms with E-state index in [1.54, 1.807) is 20.8 Å². The van der Waals surface area contributed by atoms with Gasteiger partial charge in [0.1, 0.15) is 11.6 Å². The first-order valence-corrected chi connectivity index (χ1v) is 6.02. The Kier molecular flexibility index (Phi) is 4.52. The zero-order valence-electron chi connectivity index (χ0n) is 11.3. The Morgan fingerprint density at radius 3 is 2.42 bits per heavy atom. The van der Waals surface area contributed by atoms with E-state index >= 15 is 0 Å². The van der Waals surface area contributed by atoms with Gasteiger partial charge in [0.25, 0.3) is 0 Å². The Morgan fingerprint density at radius 1 is 1.47 bits per heavy atom. The van der Waals surface area contributed by atoms with E-state index in [1.165, 1.54) is 0 Å². The number of nitrogens with zero attached hydrogens (tertiary/aromatic N) is 1. The first-order chi connectivity index (χ1) is 8.60. The molecule has 0 aromatic heterocycles. The van der Waals surface area contributed by atoms with E-state index in [2.05, 4.69) is 0 Å². The number of likely N-dealkylation sites (tertiary alicyclic amines) is 1. The second-order valence-corrected chi connectivity index (χ2v) is 5.55. The van der Waals surface area contributed by atoms with Crippen molar-refractivity contribution in [2.45, 2.75) is 51.4 Å². The molecule has 1 rings (SSSR count). The molecule has 1 saturated heterocycles. The summed E-state index contributed by atoms with van der Waals surface area (Å²) >= 11 is 0. The van der Waals surface area contributed by atoms with Gasteiger partial charge >= 0.3 is 11.9 Å². The molecule has 2 atom stereocenters. The molecule has 0 radical (unpaired) electrons. The number of β-amino-alcohol motifs (C(OH)–C–C–N with tert-alkyl or cyclic N) is 1. The molecule has 2 N–H and O–H groups in total. The molecule has 19 heavy (non-hydrogen) atoms. The second kappa shape index (κ2) is 5.56. The fraction of sp³-hybridized carbons (Fsp3) is 0.750. The van der Waals surface area contributed by atoms with Crippen LogP contribution in [0.1, 0.15) is 33.6 Å². The highest BCUT2D eigenvalue weighted by Gasteiger charge is 2.38. The standard InChI is InChI=1S/C12H19NO6/c1-12(2,3)19-10(16)5-8(11(17)18)13-6-7(14)4-9(13)15/h7-8,14H,4-6H2,1-3H3,(H,17,18)/t7?,8-/m0/s1. The molecule has 0 aromatic carbocycles. The van der Waals surface area contributed by atoms with Crippen LogP contribution in [-0.2, 0) is 19.1 Å². The number of hydrogen-bond acceptors (Lipinski definition) is 5. The van der Waals surface area contributed by atoms with Crippen LogP contribution in [0.2, 0.25) is 0 Å². The lowest BCUT2D eigenvalue weighted by Gasteiger charge is -2.25. The SMILES string of the molecule is CC(C)(C)OC(=O)C[C@@H](C(=O)O)N1CC(O)CC1=O.